The molecular weight excluding hydrogens is 411 g/mol. The number of amides is 1. The number of rotatable bonds is 9. The number of nitrogens with one attached hydrogen (secondary N) is 2. The molecule has 1 atom stereocenters. The molecule has 1 amide bonds. The number of aromatic nitrogens is 2. The molecule has 0 aliphatic heterocycles. The minimum absolute atomic E-state index is 0.348. The van der Waals surface area contributed by atoms with E-state index in [-0.39, 0.29) is 0 Å². The van der Waals surface area contributed by atoms with E-state index in [1.807, 2.05) is 43.3 Å². The summed E-state index contributed by atoms with van der Waals surface area (Å²) in [5.74, 6) is 0.991. The fraction of sp³-hybridized carbons (Fsp3) is 0.238. The Hall–Kier alpha value is -2.54. The lowest BCUT2D eigenvalue weighted by Gasteiger charge is -2.16. The maximum atomic E-state index is 11.8. The topological polar surface area (TPSA) is 93.0 Å². The summed E-state index contributed by atoms with van der Waals surface area (Å²) in [5.41, 5.74) is 8.10. The number of hydrogen-bond donors (Lipinski definition) is 3. The third-order valence-corrected chi connectivity index (χ3v) is 5.16. The van der Waals surface area contributed by atoms with Crippen LogP contribution >= 0.6 is 23.2 Å². The summed E-state index contributed by atoms with van der Waals surface area (Å²) in [6, 6.07) is 12.4. The Balaban J connectivity index is 1.59. The van der Waals surface area contributed by atoms with Crippen molar-refractivity contribution in [1.82, 2.24) is 15.3 Å². The second kappa shape index (κ2) is 9.78. The second-order valence-electron chi connectivity index (χ2n) is 6.67. The molecule has 4 N–H and O–H groups in total. The summed E-state index contributed by atoms with van der Waals surface area (Å²) >= 11 is 12.5. The summed E-state index contributed by atoms with van der Waals surface area (Å²) in [4.78, 5) is 19.0. The third-order valence-electron chi connectivity index (χ3n) is 4.44. The Kier molecular flexibility index (Phi) is 7.14. The van der Waals surface area contributed by atoms with Crippen molar-refractivity contribution in [2.75, 3.05) is 0 Å². The fourth-order valence-electron chi connectivity index (χ4n) is 2.84. The number of imidazole rings is 1. The molecule has 29 heavy (non-hydrogen) atoms. The monoisotopic (exact) mass is 432 g/mol. The zero-order chi connectivity index (χ0) is 20.8. The first-order valence-corrected chi connectivity index (χ1v) is 9.86. The van der Waals surface area contributed by atoms with E-state index >= 15 is 0 Å². The van der Waals surface area contributed by atoms with Gasteiger partial charge in [0, 0.05) is 40.5 Å². The first kappa shape index (κ1) is 21.2. The molecule has 0 bridgehead atoms. The van der Waals surface area contributed by atoms with Crippen LogP contribution in [0.15, 0.2) is 48.7 Å². The molecule has 0 saturated carbocycles. The highest BCUT2D eigenvalue weighted by molar-refractivity contribution is 6.31. The molecule has 0 fully saturated rings. The van der Waals surface area contributed by atoms with Gasteiger partial charge in [-0.3, -0.25) is 4.79 Å². The molecule has 1 aromatic heterocycles. The number of nitrogens with two attached hydrogens (primary N) is 1. The predicted octanol–water partition coefficient (Wildman–Crippen LogP) is 3.79. The minimum Gasteiger partial charge on any atom is -0.489 e. The number of carbonyl (C=O) groups is 1. The number of aromatic amines is 1. The largest absolute Gasteiger partial charge is 0.489 e. The van der Waals surface area contributed by atoms with Crippen LogP contribution < -0.4 is 15.8 Å². The van der Waals surface area contributed by atoms with Crippen LogP contribution in [-0.4, -0.2) is 21.9 Å². The Morgan fingerprint density at radius 3 is 2.66 bits per heavy atom. The van der Waals surface area contributed by atoms with Gasteiger partial charge in [0.15, 0.2) is 0 Å². The van der Waals surface area contributed by atoms with Crippen molar-refractivity contribution in [3.63, 3.8) is 0 Å². The first-order chi connectivity index (χ1) is 13.9. The van der Waals surface area contributed by atoms with Gasteiger partial charge < -0.3 is 20.8 Å². The zero-order valence-electron chi connectivity index (χ0n) is 15.9. The van der Waals surface area contributed by atoms with Gasteiger partial charge in [0.25, 0.3) is 0 Å². The van der Waals surface area contributed by atoms with E-state index in [1.54, 1.807) is 12.3 Å². The number of primary amides is 1. The molecule has 0 radical (unpaired) electrons. The number of aryl methyl sites for hydroxylation is 1. The molecule has 0 aliphatic rings. The molecule has 0 saturated heterocycles. The van der Waals surface area contributed by atoms with E-state index in [1.165, 1.54) is 0 Å². The van der Waals surface area contributed by atoms with Crippen molar-refractivity contribution in [2.24, 2.45) is 5.73 Å². The van der Waals surface area contributed by atoms with Gasteiger partial charge in [-0.15, -0.1) is 0 Å². The van der Waals surface area contributed by atoms with Crippen molar-refractivity contribution in [2.45, 2.75) is 32.5 Å². The summed E-state index contributed by atoms with van der Waals surface area (Å²) < 4.78 is 5.78. The van der Waals surface area contributed by atoms with Crippen LogP contribution in [0.3, 0.4) is 0 Å². The van der Waals surface area contributed by atoms with Crippen molar-refractivity contribution in [3.8, 4) is 5.75 Å². The number of hydrogen-bond acceptors (Lipinski definition) is 4. The van der Waals surface area contributed by atoms with Gasteiger partial charge in [-0.1, -0.05) is 47.5 Å². The zero-order valence-corrected chi connectivity index (χ0v) is 17.4. The molecule has 8 heteroatoms. The van der Waals surface area contributed by atoms with E-state index in [2.05, 4.69) is 15.3 Å². The molecule has 1 unspecified atom stereocenters. The van der Waals surface area contributed by atoms with Gasteiger partial charge in [0.1, 0.15) is 18.2 Å². The summed E-state index contributed by atoms with van der Waals surface area (Å²) in [7, 11) is 0. The minimum atomic E-state index is -0.540. The van der Waals surface area contributed by atoms with Crippen LogP contribution in [-0.2, 0) is 24.4 Å². The summed E-state index contributed by atoms with van der Waals surface area (Å²) in [6.07, 6.45) is 2.12. The fourth-order valence-corrected chi connectivity index (χ4v) is 3.27. The van der Waals surface area contributed by atoms with E-state index < -0.39 is 11.9 Å². The quantitative estimate of drug-likeness (QED) is 0.479. The predicted molar refractivity (Wildman–Crippen MR) is 114 cm³/mol. The summed E-state index contributed by atoms with van der Waals surface area (Å²) in [6.45, 7) is 2.59. The summed E-state index contributed by atoms with van der Waals surface area (Å²) in [5, 5.41) is 4.35. The molecule has 2 aromatic carbocycles. The van der Waals surface area contributed by atoms with Crippen LogP contribution in [0.5, 0.6) is 5.75 Å². The number of ether oxygens (including phenoxy) is 1. The van der Waals surface area contributed by atoms with Crippen molar-refractivity contribution in [1.29, 1.82) is 0 Å². The van der Waals surface area contributed by atoms with E-state index in [0.29, 0.717) is 35.4 Å². The Bertz CT molecular complexity index is 990. The van der Waals surface area contributed by atoms with Gasteiger partial charge in [0.05, 0.1) is 6.04 Å². The van der Waals surface area contributed by atoms with Gasteiger partial charge in [-0.2, -0.15) is 0 Å². The number of nitrogens with zero attached hydrogens (tertiary/aromatic N) is 1. The van der Waals surface area contributed by atoms with Crippen LogP contribution in [0, 0.1) is 6.92 Å². The smallest absolute Gasteiger partial charge is 0.234 e. The number of halogens is 2. The highest BCUT2D eigenvalue weighted by Crippen LogP contribution is 2.24. The highest BCUT2D eigenvalue weighted by Gasteiger charge is 2.17. The van der Waals surface area contributed by atoms with Crippen LogP contribution in [0.1, 0.15) is 22.6 Å². The second-order valence-corrected chi connectivity index (χ2v) is 7.48. The lowest BCUT2D eigenvalue weighted by Crippen LogP contribution is -2.42. The molecule has 0 spiro atoms. The van der Waals surface area contributed by atoms with Crippen molar-refractivity contribution >= 4 is 29.1 Å². The Morgan fingerprint density at radius 2 is 2.00 bits per heavy atom. The van der Waals surface area contributed by atoms with Gasteiger partial charge in [-0.05, 0) is 30.7 Å². The molecule has 1 heterocycles. The van der Waals surface area contributed by atoms with Crippen LogP contribution in [0.4, 0.5) is 0 Å². The van der Waals surface area contributed by atoms with E-state index in [4.69, 9.17) is 33.7 Å². The van der Waals surface area contributed by atoms with Gasteiger partial charge in [0.2, 0.25) is 5.91 Å². The van der Waals surface area contributed by atoms with Crippen LogP contribution in [0.2, 0.25) is 10.0 Å². The Morgan fingerprint density at radius 1 is 1.21 bits per heavy atom. The van der Waals surface area contributed by atoms with Gasteiger partial charge >= 0.3 is 0 Å². The van der Waals surface area contributed by atoms with Crippen molar-refractivity contribution < 1.29 is 9.53 Å². The number of benzene rings is 2. The van der Waals surface area contributed by atoms with Crippen molar-refractivity contribution in [3.05, 3.63) is 81.4 Å². The lowest BCUT2D eigenvalue weighted by molar-refractivity contribution is -0.120. The molecule has 152 valence electrons. The maximum absolute atomic E-state index is 11.8. The standard InChI is InChI=1S/C21H22Cl2N4O2/c1-13-25-11-16(27-13)8-20(21(24)28)26-10-14-6-7-17(9-19(14)23)29-12-15-4-2-3-5-18(15)22/h2-7,9,11,20,26H,8,10,12H2,1H3,(H2,24,28)(H,25,27). The maximum Gasteiger partial charge on any atom is 0.234 e. The molecule has 3 rings (SSSR count). The molecule has 3 aromatic rings. The molecule has 6 nitrogen and oxygen atoms in total. The van der Waals surface area contributed by atoms with E-state index in [0.717, 1.165) is 22.6 Å². The SMILES string of the molecule is Cc1ncc(CC(NCc2ccc(OCc3ccccc3Cl)cc2Cl)C(N)=O)[nH]1. The lowest BCUT2D eigenvalue weighted by atomic mass is 10.1. The normalized spacial score (nSPS) is 12.0. The highest BCUT2D eigenvalue weighted by atomic mass is 35.5. The average molecular weight is 433 g/mol. The number of H-pyrrole nitrogens is 1. The van der Waals surface area contributed by atoms with E-state index in [9.17, 15) is 4.79 Å². The van der Waals surface area contributed by atoms with Crippen LogP contribution in [0.25, 0.3) is 0 Å². The third kappa shape index (κ3) is 5.97. The first-order valence-electron chi connectivity index (χ1n) is 9.10. The average Bonchev–Trinajstić information content (AvgIpc) is 3.10. The van der Waals surface area contributed by atoms with Gasteiger partial charge in [-0.25, -0.2) is 4.98 Å². The number of carbonyl (C=O) groups excluding carboxylic acids is 1. The molecule has 0 aliphatic carbocycles. The molecular formula is C21H22Cl2N4O2. The Labute approximate surface area is 179 Å².